The molecule has 0 amide bonds. The Hall–Kier alpha value is 0.0300. The molecule has 1 saturated carbocycles. The van der Waals surface area contributed by atoms with E-state index in [1.165, 1.54) is 6.92 Å². The van der Waals surface area contributed by atoms with Crippen molar-refractivity contribution in [2.45, 2.75) is 38.6 Å². The van der Waals surface area contributed by atoms with Crippen molar-refractivity contribution in [1.29, 1.82) is 0 Å². The van der Waals surface area contributed by atoms with Gasteiger partial charge >= 0.3 is 7.82 Å². The Kier molecular flexibility index (Phi) is 3.92. The molecule has 1 rings (SSSR count). The highest BCUT2D eigenvalue weighted by atomic mass is 31.2. The van der Waals surface area contributed by atoms with Gasteiger partial charge in [0.15, 0.2) is 0 Å². The number of aliphatic hydroxyl groups excluding tert-OH is 2. The maximum Gasteiger partial charge on any atom is 0.469 e. The first-order valence-electron chi connectivity index (χ1n) is 4.82. The van der Waals surface area contributed by atoms with Crippen molar-refractivity contribution >= 4 is 7.82 Å². The molecule has 1 aliphatic carbocycles. The summed E-state index contributed by atoms with van der Waals surface area (Å²) in [5, 5.41) is 19.1. The van der Waals surface area contributed by atoms with Crippen LogP contribution in [0.4, 0.5) is 0 Å². The van der Waals surface area contributed by atoms with E-state index in [0.29, 0.717) is 6.42 Å². The minimum absolute atomic E-state index is 0.0900. The van der Waals surface area contributed by atoms with E-state index in [1.54, 1.807) is 6.92 Å². The van der Waals surface area contributed by atoms with Crippen LogP contribution in [-0.4, -0.2) is 38.3 Å². The van der Waals surface area contributed by atoms with Gasteiger partial charge in [-0.25, -0.2) is 4.57 Å². The van der Waals surface area contributed by atoms with E-state index >= 15 is 0 Å². The maximum atomic E-state index is 10.6. The molecule has 5 atom stereocenters. The summed E-state index contributed by atoms with van der Waals surface area (Å²) >= 11 is 0. The van der Waals surface area contributed by atoms with Crippen LogP contribution in [0.3, 0.4) is 0 Å². The molecule has 4 N–H and O–H groups in total. The predicted octanol–water partition coefficient (Wildman–Crippen LogP) is -0.138. The average molecular weight is 240 g/mol. The summed E-state index contributed by atoms with van der Waals surface area (Å²) in [5.74, 6) is -0.532. The standard InChI is InChI=1S/C8H17O6P/c1-4-3-6(8(10)7(4)9)5(2)14-15(11,12)13/h4-10H,3H2,1-2H3,(H2,11,12,13)/t4-,5?,6-,7+,8-/m1/s1. The molecular weight excluding hydrogens is 223 g/mol. The van der Waals surface area contributed by atoms with Gasteiger partial charge in [-0.3, -0.25) is 4.52 Å². The van der Waals surface area contributed by atoms with E-state index in [2.05, 4.69) is 4.52 Å². The van der Waals surface area contributed by atoms with Crippen LogP contribution in [0.25, 0.3) is 0 Å². The zero-order valence-corrected chi connectivity index (χ0v) is 9.54. The lowest BCUT2D eigenvalue weighted by Crippen LogP contribution is -2.33. The third-order valence-corrected chi connectivity index (χ3v) is 3.53. The molecule has 0 spiro atoms. The molecule has 0 bridgehead atoms. The number of phosphoric ester groups is 1. The Morgan fingerprint density at radius 3 is 2.20 bits per heavy atom. The minimum atomic E-state index is -4.53. The molecule has 0 radical (unpaired) electrons. The molecule has 1 aliphatic rings. The van der Waals surface area contributed by atoms with Crippen LogP contribution >= 0.6 is 7.82 Å². The van der Waals surface area contributed by atoms with Crippen molar-refractivity contribution in [2.75, 3.05) is 0 Å². The molecule has 0 aromatic rings. The van der Waals surface area contributed by atoms with Crippen LogP contribution < -0.4 is 0 Å². The molecule has 7 heteroatoms. The van der Waals surface area contributed by atoms with Crippen LogP contribution in [0.1, 0.15) is 20.3 Å². The van der Waals surface area contributed by atoms with Crippen molar-refractivity contribution < 1.29 is 29.1 Å². The predicted molar refractivity (Wildman–Crippen MR) is 51.9 cm³/mol. The maximum absolute atomic E-state index is 10.6. The highest BCUT2D eigenvalue weighted by Crippen LogP contribution is 2.43. The summed E-state index contributed by atoms with van der Waals surface area (Å²) in [4.78, 5) is 17.2. The van der Waals surface area contributed by atoms with E-state index in [4.69, 9.17) is 9.79 Å². The molecule has 0 aromatic carbocycles. The Labute approximate surface area is 88.1 Å². The largest absolute Gasteiger partial charge is 0.469 e. The second kappa shape index (κ2) is 4.49. The van der Waals surface area contributed by atoms with E-state index in [9.17, 15) is 14.8 Å². The Balaban J connectivity index is 2.62. The normalized spacial score (nSPS) is 39.3. The zero-order valence-electron chi connectivity index (χ0n) is 8.65. The highest BCUT2D eigenvalue weighted by molar-refractivity contribution is 7.46. The first kappa shape index (κ1) is 13.1. The van der Waals surface area contributed by atoms with Crippen molar-refractivity contribution in [3.63, 3.8) is 0 Å². The summed E-state index contributed by atoms with van der Waals surface area (Å²) in [6.07, 6.45) is -2.12. The van der Waals surface area contributed by atoms with E-state index in [-0.39, 0.29) is 5.92 Å². The summed E-state index contributed by atoms with van der Waals surface area (Å²) in [7, 11) is -4.53. The fraction of sp³-hybridized carbons (Fsp3) is 1.00. The molecule has 90 valence electrons. The number of rotatable bonds is 3. The highest BCUT2D eigenvalue weighted by Gasteiger charge is 2.43. The van der Waals surface area contributed by atoms with Crippen molar-refractivity contribution in [3.8, 4) is 0 Å². The quantitative estimate of drug-likeness (QED) is 0.511. The first-order chi connectivity index (χ1) is 6.72. The van der Waals surface area contributed by atoms with Gasteiger partial charge in [-0.1, -0.05) is 6.92 Å². The van der Waals surface area contributed by atoms with Crippen LogP contribution in [0.5, 0.6) is 0 Å². The van der Waals surface area contributed by atoms with Crippen LogP contribution in [0, 0.1) is 11.8 Å². The Bertz CT molecular complexity index is 264. The topological polar surface area (TPSA) is 107 Å². The molecular formula is C8H17O6P. The molecule has 0 aliphatic heterocycles. The van der Waals surface area contributed by atoms with Gasteiger partial charge < -0.3 is 20.0 Å². The molecule has 1 unspecified atom stereocenters. The number of aliphatic hydroxyl groups is 2. The van der Waals surface area contributed by atoms with Gasteiger partial charge in [0.2, 0.25) is 0 Å². The van der Waals surface area contributed by atoms with Gasteiger partial charge in [-0.15, -0.1) is 0 Å². The number of hydrogen-bond donors (Lipinski definition) is 4. The van der Waals surface area contributed by atoms with Crippen molar-refractivity contribution in [3.05, 3.63) is 0 Å². The van der Waals surface area contributed by atoms with E-state index < -0.39 is 32.1 Å². The molecule has 0 aromatic heterocycles. The molecule has 1 fully saturated rings. The Morgan fingerprint density at radius 1 is 1.33 bits per heavy atom. The lowest BCUT2D eigenvalue weighted by atomic mass is 9.99. The van der Waals surface area contributed by atoms with Gasteiger partial charge in [0.25, 0.3) is 0 Å². The monoisotopic (exact) mass is 240 g/mol. The summed E-state index contributed by atoms with van der Waals surface area (Å²) in [6, 6.07) is 0. The third kappa shape index (κ3) is 3.24. The molecule has 0 saturated heterocycles. The fourth-order valence-corrected chi connectivity index (χ4v) is 2.65. The van der Waals surface area contributed by atoms with E-state index in [0.717, 1.165) is 0 Å². The zero-order chi connectivity index (χ0) is 11.8. The van der Waals surface area contributed by atoms with Gasteiger partial charge in [0.1, 0.15) is 0 Å². The van der Waals surface area contributed by atoms with Crippen LogP contribution in [-0.2, 0) is 9.09 Å². The summed E-state index contributed by atoms with van der Waals surface area (Å²) in [5.41, 5.74) is 0. The van der Waals surface area contributed by atoms with Crippen LogP contribution in [0.15, 0.2) is 0 Å². The lowest BCUT2D eigenvalue weighted by Gasteiger charge is -2.23. The number of phosphoric acid groups is 1. The Morgan fingerprint density at radius 2 is 1.87 bits per heavy atom. The van der Waals surface area contributed by atoms with Crippen LogP contribution in [0.2, 0.25) is 0 Å². The van der Waals surface area contributed by atoms with Gasteiger partial charge in [-0.2, -0.15) is 0 Å². The fourth-order valence-electron chi connectivity index (χ4n) is 2.06. The average Bonchev–Trinajstić information content (AvgIpc) is 2.30. The van der Waals surface area contributed by atoms with Gasteiger partial charge in [0, 0.05) is 5.92 Å². The van der Waals surface area contributed by atoms with Gasteiger partial charge in [0.05, 0.1) is 18.3 Å². The second-order valence-electron chi connectivity index (χ2n) is 4.16. The molecule has 0 heterocycles. The first-order valence-corrected chi connectivity index (χ1v) is 6.35. The molecule has 6 nitrogen and oxygen atoms in total. The smallest absolute Gasteiger partial charge is 0.390 e. The van der Waals surface area contributed by atoms with E-state index in [1.807, 2.05) is 0 Å². The summed E-state index contributed by atoms with van der Waals surface area (Å²) in [6.45, 7) is 3.26. The molecule has 15 heavy (non-hydrogen) atoms. The van der Waals surface area contributed by atoms with Crippen molar-refractivity contribution in [1.82, 2.24) is 0 Å². The minimum Gasteiger partial charge on any atom is -0.390 e. The number of hydrogen-bond acceptors (Lipinski definition) is 4. The lowest BCUT2D eigenvalue weighted by molar-refractivity contribution is -0.0208. The summed E-state index contributed by atoms with van der Waals surface area (Å²) < 4.78 is 15.1. The third-order valence-electron chi connectivity index (χ3n) is 2.92. The van der Waals surface area contributed by atoms with Gasteiger partial charge in [-0.05, 0) is 19.3 Å². The SMILES string of the molecule is CC(OP(=O)(O)O)[C@H]1C[C@@H](C)[C@H](O)[C@@H]1O. The second-order valence-corrected chi connectivity index (χ2v) is 5.35. The van der Waals surface area contributed by atoms with Crippen molar-refractivity contribution in [2.24, 2.45) is 11.8 Å².